The molecule has 0 bridgehead atoms. The summed E-state index contributed by atoms with van der Waals surface area (Å²) in [5.41, 5.74) is 4.91. The highest BCUT2D eigenvalue weighted by Crippen LogP contribution is 2.13. The Balaban J connectivity index is 1.79. The number of rotatable bonds is 7. The first-order valence-corrected chi connectivity index (χ1v) is 6.68. The first-order valence-electron chi connectivity index (χ1n) is 6.68. The summed E-state index contributed by atoms with van der Waals surface area (Å²) in [6, 6.07) is 8.14. The largest absolute Gasteiger partial charge is 0.494 e. The summed E-state index contributed by atoms with van der Waals surface area (Å²) in [5, 5.41) is 7.97. The topological polar surface area (TPSA) is 78.0 Å². The van der Waals surface area contributed by atoms with Gasteiger partial charge in [-0.3, -0.25) is 16.0 Å². The highest BCUT2D eigenvalue weighted by atomic mass is 16.5. The Morgan fingerprint density at radius 3 is 2.95 bits per heavy atom. The van der Waals surface area contributed by atoms with Crippen LogP contribution in [0, 0.1) is 6.92 Å². The summed E-state index contributed by atoms with van der Waals surface area (Å²) < 4.78 is 7.41. The van der Waals surface area contributed by atoms with Crippen molar-refractivity contribution in [3.8, 4) is 5.75 Å². The van der Waals surface area contributed by atoms with Crippen LogP contribution in [0.3, 0.4) is 0 Å². The van der Waals surface area contributed by atoms with E-state index in [1.807, 2.05) is 44.4 Å². The van der Waals surface area contributed by atoms with E-state index in [0.717, 1.165) is 24.3 Å². The lowest BCUT2D eigenvalue weighted by Crippen LogP contribution is -2.38. The van der Waals surface area contributed by atoms with Crippen LogP contribution < -0.4 is 16.0 Å². The standard InChI is InChI=1S/C14H21N5O/c1-11-4-3-5-14(8-11)20-7-6-12(16-15)9-13-10-19(2)18-17-13/h3-5,8,10,12,16H,6-7,9,15H2,1-2H3. The van der Waals surface area contributed by atoms with Crippen LogP contribution in [0.5, 0.6) is 5.75 Å². The minimum atomic E-state index is 0.122. The number of hydrogen-bond donors (Lipinski definition) is 2. The Morgan fingerprint density at radius 1 is 1.45 bits per heavy atom. The molecule has 2 rings (SSSR count). The zero-order valence-electron chi connectivity index (χ0n) is 11.9. The number of hydrogen-bond acceptors (Lipinski definition) is 5. The first kappa shape index (κ1) is 14.5. The van der Waals surface area contributed by atoms with E-state index in [-0.39, 0.29) is 6.04 Å². The van der Waals surface area contributed by atoms with Gasteiger partial charge >= 0.3 is 0 Å². The van der Waals surface area contributed by atoms with E-state index in [9.17, 15) is 0 Å². The Morgan fingerprint density at radius 2 is 2.30 bits per heavy atom. The zero-order valence-corrected chi connectivity index (χ0v) is 11.9. The second-order valence-corrected chi connectivity index (χ2v) is 4.90. The van der Waals surface area contributed by atoms with Crippen LogP contribution in [0.4, 0.5) is 0 Å². The van der Waals surface area contributed by atoms with Gasteiger partial charge in [0, 0.05) is 25.7 Å². The molecule has 1 heterocycles. The number of ether oxygens (including phenoxy) is 1. The van der Waals surface area contributed by atoms with Crippen LogP contribution in [0.1, 0.15) is 17.7 Å². The van der Waals surface area contributed by atoms with Crippen LogP contribution >= 0.6 is 0 Å². The minimum Gasteiger partial charge on any atom is -0.494 e. The number of nitrogens with one attached hydrogen (secondary N) is 1. The molecule has 1 aromatic carbocycles. The van der Waals surface area contributed by atoms with Crippen molar-refractivity contribution in [2.24, 2.45) is 12.9 Å². The number of nitrogens with two attached hydrogens (primary N) is 1. The van der Waals surface area contributed by atoms with Crippen molar-refractivity contribution in [2.45, 2.75) is 25.8 Å². The zero-order chi connectivity index (χ0) is 14.4. The quantitative estimate of drug-likeness (QED) is 0.581. The molecule has 0 aliphatic carbocycles. The second kappa shape index (κ2) is 7.02. The maximum absolute atomic E-state index is 5.73. The molecule has 1 aromatic heterocycles. The molecule has 0 saturated carbocycles. The second-order valence-electron chi connectivity index (χ2n) is 4.90. The van der Waals surface area contributed by atoms with E-state index in [2.05, 4.69) is 15.7 Å². The highest BCUT2D eigenvalue weighted by molar-refractivity contribution is 5.27. The van der Waals surface area contributed by atoms with Gasteiger partial charge in [-0.25, -0.2) is 0 Å². The van der Waals surface area contributed by atoms with E-state index in [4.69, 9.17) is 10.6 Å². The SMILES string of the molecule is Cc1cccc(OCCC(Cc2cn(C)nn2)NN)c1. The Kier molecular flexibility index (Phi) is 5.09. The fraction of sp³-hybridized carbons (Fsp3) is 0.429. The van der Waals surface area contributed by atoms with Crippen molar-refractivity contribution >= 4 is 0 Å². The maximum atomic E-state index is 5.73. The lowest BCUT2D eigenvalue weighted by atomic mass is 10.1. The van der Waals surface area contributed by atoms with Crippen LogP contribution in [-0.2, 0) is 13.5 Å². The van der Waals surface area contributed by atoms with Crippen molar-refractivity contribution in [3.63, 3.8) is 0 Å². The average molecular weight is 275 g/mol. The van der Waals surface area contributed by atoms with Gasteiger partial charge in [0.25, 0.3) is 0 Å². The summed E-state index contributed by atoms with van der Waals surface area (Å²) in [7, 11) is 1.85. The van der Waals surface area contributed by atoms with Crippen molar-refractivity contribution < 1.29 is 4.74 Å². The Hall–Kier alpha value is -1.92. The number of aryl methyl sites for hydroxylation is 2. The molecular formula is C14H21N5O. The van der Waals surface area contributed by atoms with Gasteiger partial charge < -0.3 is 4.74 Å². The van der Waals surface area contributed by atoms with Gasteiger partial charge in [-0.15, -0.1) is 5.10 Å². The van der Waals surface area contributed by atoms with Gasteiger partial charge in [-0.05, 0) is 31.0 Å². The van der Waals surface area contributed by atoms with E-state index in [0.29, 0.717) is 6.61 Å². The van der Waals surface area contributed by atoms with E-state index < -0.39 is 0 Å². The lowest BCUT2D eigenvalue weighted by molar-refractivity contribution is 0.284. The van der Waals surface area contributed by atoms with Crippen LogP contribution in [0.15, 0.2) is 30.5 Å². The molecule has 1 unspecified atom stereocenters. The Bertz CT molecular complexity index is 540. The summed E-state index contributed by atoms with van der Waals surface area (Å²) >= 11 is 0. The molecule has 6 nitrogen and oxygen atoms in total. The molecule has 2 aromatic rings. The predicted molar refractivity (Wildman–Crippen MR) is 77.1 cm³/mol. The number of nitrogens with zero attached hydrogens (tertiary/aromatic N) is 3. The van der Waals surface area contributed by atoms with Gasteiger partial charge in [-0.1, -0.05) is 17.3 Å². The van der Waals surface area contributed by atoms with Crippen molar-refractivity contribution in [1.29, 1.82) is 0 Å². The number of hydrazine groups is 1. The Labute approximate surface area is 118 Å². The maximum Gasteiger partial charge on any atom is 0.119 e. The molecule has 0 amide bonds. The molecular weight excluding hydrogens is 254 g/mol. The molecule has 108 valence electrons. The highest BCUT2D eigenvalue weighted by Gasteiger charge is 2.10. The normalized spacial score (nSPS) is 12.3. The van der Waals surface area contributed by atoms with Gasteiger partial charge in [0.2, 0.25) is 0 Å². The lowest BCUT2D eigenvalue weighted by Gasteiger charge is -2.15. The van der Waals surface area contributed by atoms with E-state index in [1.54, 1.807) is 4.68 Å². The van der Waals surface area contributed by atoms with Crippen molar-refractivity contribution in [1.82, 2.24) is 20.4 Å². The molecule has 0 radical (unpaired) electrons. The molecule has 0 spiro atoms. The molecule has 20 heavy (non-hydrogen) atoms. The van der Waals surface area contributed by atoms with Gasteiger partial charge in [0.05, 0.1) is 12.3 Å². The molecule has 0 fully saturated rings. The predicted octanol–water partition coefficient (Wildman–Crippen LogP) is 0.967. The fourth-order valence-electron chi connectivity index (χ4n) is 2.01. The first-order chi connectivity index (χ1) is 9.67. The summed E-state index contributed by atoms with van der Waals surface area (Å²) in [6.07, 6.45) is 3.44. The molecule has 0 aliphatic heterocycles. The summed E-state index contributed by atoms with van der Waals surface area (Å²) in [5.74, 6) is 6.46. The van der Waals surface area contributed by atoms with Crippen molar-refractivity contribution in [3.05, 3.63) is 41.7 Å². The summed E-state index contributed by atoms with van der Waals surface area (Å²) in [6.45, 7) is 2.66. The third-order valence-corrected chi connectivity index (χ3v) is 3.07. The van der Waals surface area contributed by atoms with Crippen LogP contribution in [-0.4, -0.2) is 27.6 Å². The smallest absolute Gasteiger partial charge is 0.119 e. The van der Waals surface area contributed by atoms with Gasteiger partial charge in [-0.2, -0.15) is 0 Å². The van der Waals surface area contributed by atoms with Crippen LogP contribution in [0.2, 0.25) is 0 Å². The molecule has 6 heteroatoms. The average Bonchev–Trinajstić information content (AvgIpc) is 2.83. The van der Waals surface area contributed by atoms with E-state index in [1.165, 1.54) is 5.56 Å². The van der Waals surface area contributed by atoms with Crippen LogP contribution in [0.25, 0.3) is 0 Å². The van der Waals surface area contributed by atoms with E-state index >= 15 is 0 Å². The summed E-state index contributed by atoms with van der Waals surface area (Å²) in [4.78, 5) is 0. The van der Waals surface area contributed by atoms with Crippen molar-refractivity contribution in [2.75, 3.05) is 6.61 Å². The molecule has 3 N–H and O–H groups in total. The fourth-order valence-corrected chi connectivity index (χ4v) is 2.01. The number of benzene rings is 1. The third-order valence-electron chi connectivity index (χ3n) is 3.07. The molecule has 1 atom stereocenters. The third kappa shape index (κ3) is 4.32. The monoisotopic (exact) mass is 275 g/mol. The number of aromatic nitrogens is 3. The van der Waals surface area contributed by atoms with Gasteiger partial charge in [0.1, 0.15) is 5.75 Å². The van der Waals surface area contributed by atoms with Gasteiger partial charge in [0.15, 0.2) is 0 Å². The molecule has 0 aliphatic rings. The molecule has 0 saturated heterocycles. The minimum absolute atomic E-state index is 0.122.